The van der Waals surface area contributed by atoms with Crippen LogP contribution < -0.4 is 5.32 Å². The Bertz CT molecular complexity index is 690. The summed E-state index contributed by atoms with van der Waals surface area (Å²) in [4.78, 5) is 23.7. The summed E-state index contributed by atoms with van der Waals surface area (Å²) >= 11 is 2.18. The number of rotatable bonds is 6. The van der Waals surface area contributed by atoms with Crippen molar-refractivity contribution in [3.05, 3.63) is 69.3 Å². The van der Waals surface area contributed by atoms with Crippen molar-refractivity contribution in [3.63, 3.8) is 0 Å². The highest BCUT2D eigenvalue weighted by Crippen LogP contribution is 2.20. The molecule has 0 fully saturated rings. The van der Waals surface area contributed by atoms with Gasteiger partial charge in [-0.05, 0) is 45.9 Å². The number of nitrogens with one attached hydrogen (secondary N) is 1. The van der Waals surface area contributed by atoms with E-state index in [1.165, 1.54) is 7.11 Å². The summed E-state index contributed by atoms with van der Waals surface area (Å²) in [6.07, 6.45) is -0.538. The second kappa shape index (κ2) is 9.27. The molecule has 5 nitrogen and oxygen atoms in total. The number of carbonyl (C=O) groups excluding carboxylic acids is 2. The van der Waals surface area contributed by atoms with Gasteiger partial charge in [-0.2, -0.15) is 0 Å². The minimum atomic E-state index is -0.577. The number of alkyl carbamates (subject to hydrolysis) is 1. The van der Waals surface area contributed by atoms with Gasteiger partial charge in [0.2, 0.25) is 0 Å². The lowest BCUT2D eigenvalue weighted by atomic mass is 10.0. The molecule has 0 aliphatic carbocycles. The molecular weight excluding hydrogens is 421 g/mol. The third kappa shape index (κ3) is 5.84. The molecule has 0 spiro atoms. The van der Waals surface area contributed by atoms with Crippen LogP contribution in [-0.4, -0.2) is 19.2 Å². The molecule has 6 heteroatoms. The third-order valence-electron chi connectivity index (χ3n) is 3.35. The first-order valence-electron chi connectivity index (χ1n) is 7.38. The molecule has 1 N–H and O–H groups in total. The molecule has 0 unspecified atom stereocenters. The average Bonchev–Trinajstić information content (AvgIpc) is 2.60. The number of carbonyl (C=O) groups is 2. The van der Waals surface area contributed by atoms with Gasteiger partial charge in [0.15, 0.2) is 0 Å². The van der Waals surface area contributed by atoms with Gasteiger partial charge in [-0.25, -0.2) is 4.79 Å². The molecule has 2 aromatic rings. The zero-order chi connectivity index (χ0) is 17.4. The zero-order valence-electron chi connectivity index (χ0n) is 13.2. The van der Waals surface area contributed by atoms with Crippen LogP contribution in [0.1, 0.15) is 23.6 Å². The van der Waals surface area contributed by atoms with Crippen LogP contribution in [0.25, 0.3) is 0 Å². The van der Waals surface area contributed by atoms with Crippen LogP contribution in [0.15, 0.2) is 54.6 Å². The van der Waals surface area contributed by atoms with Gasteiger partial charge >= 0.3 is 12.1 Å². The molecule has 1 atom stereocenters. The number of amides is 1. The normalized spacial score (nSPS) is 11.4. The fourth-order valence-electron chi connectivity index (χ4n) is 2.13. The number of esters is 1. The number of methoxy groups -OCH3 is 1. The van der Waals surface area contributed by atoms with Gasteiger partial charge < -0.3 is 14.8 Å². The maximum atomic E-state index is 12.1. The van der Waals surface area contributed by atoms with Gasteiger partial charge in [0.05, 0.1) is 19.6 Å². The van der Waals surface area contributed by atoms with Crippen LogP contribution in [-0.2, 0) is 20.9 Å². The van der Waals surface area contributed by atoms with Crippen LogP contribution >= 0.6 is 22.6 Å². The predicted molar refractivity (Wildman–Crippen MR) is 98.3 cm³/mol. The highest BCUT2D eigenvalue weighted by molar-refractivity contribution is 14.1. The number of benzene rings is 2. The molecular formula is C18H18INO4. The van der Waals surface area contributed by atoms with E-state index in [0.717, 1.165) is 14.7 Å². The van der Waals surface area contributed by atoms with Crippen molar-refractivity contribution in [3.8, 4) is 0 Å². The lowest BCUT2D eigenvalue weighted by Gasteiger charge is -2.18. The number of hydrogen-bond acceptors (Lipinski definition) is 4. The maximum absolute atomic E-state index is 12.1. The molecule has 0 saturated carbocycles. The first-order chi connectivity index (χ1) is 11.6. The van der Waals surface area contributed by atoms with E-state index in [0.29, 0.717) is 0 Å². The zero-order valence-corrected chi connectivity index (χ0v) is 15.4. The Balaban J connectivity index is 2.01. The smallest absolute Gasteiger partial charge is 0.407 e. The van der Waals surface area contributed by atoms with Gasteiger partial charge in [0, 0.05) is 3.57 Å². The van der Waals surface area contributed by atoms with E-state index >= 15 is 0 Å². The van der Waals surface area contributed by atoms with Crippen molar-refractivity contribution >= 4 is 34.7 Å². The van der Waals surface area contributed by atoms with Gasteiger partial charge in [-0.15, -0.1) is 0 Å². The molecule has 0 heterocycles. The number of hydrogen-bond donors (Lipinski definition) is 1. The topological polar surface area (TPSA) is 64.6 Å². The largest absolute Gasteiger partial charge is 0.469 e. The fraction of sp³-hybridized carbons (Fsp3) is 0.222. The quantitative estimate of drug-likeness (QED) is 0.549. The molecule has 0 bridgehead atoms. The molecule has 0 aliphatic rings. The van der Waals surface area contributed by atoms with E-state index in [2.05, 4.69) is 27.9 Å². The third-order valence-corrected chi connectivity index (χ3v) is 4.03. The van der Waals surface area contributed by atoms with Crippen molar-refractivity contribution in [2.45, 2.75) is 19.1 Å². The summed E-state index contributed by atoms with van der Waals surface area (Å²) in [5, 5.41) is 2.73. The average molecular weight is 439 g/mol. The van der Waals surface area contributed by atoms with Gasteiger partial charge in [0.1, 0.15) is 6.61 Å². The summed E-state index contributed by atoms with van der Waals surface area (Å²) in [5.41, 5.74) is 1.72. The van der Waals surface area contributed by atoms with E-state index in [9.17, 15) is 9.59 Å². The van der Waals surface area contributed by atoms with Crippen LogP contribution in [0, 0.1) is 3.57 Å². The Hall–Kier alpha value is -2.09. The van der Waals surface area contributed by atoms with Crippen LogP contribution in [0.2, 0.25) is 0 Å². The van der Waals surface area contributed by atoms with Crippen molar-refractivity contribution in [1.29, 1.82) is 0 Å². The Labute approximate surface area is 154 Å². The number of ether oxygens (including phenoxy) is 2. The van der Waals surface area contributed by atoms with E-state index in [4.69, 9.17) is 9.47 Å². The Morgan fingerprint density at radius 3 is 2.54 bits per heavy atom. The summed E-state index contributed by atoms with van der Waals surface area (Å²) in [7, 11) is 1.32. The van der Waals surface area contributed by atoms with Crippen LogP contribution in [0.5, 0.6) is 0 Å². The predicted octanol–water partition coefficient (Wildman–Crippen LogP) is 3.82. The van der Waals surface area contributed by atoms with Crippen LogP contribution in [0.4, 0.5) is 4.79 Å². The Kier molecular flexibility index (Phi) is 7.05. The Morgan fingerprint density at radius 2 is 1.88 bits per heavy atom. The first-order valence-corrected chi connectivity index (χ1v) is 8.46. The van der Waals surface area contributed by atoms with Crippen molar-refractivity contribution in [1.82, 2.24) is 5.32 Å². The molecule has 2 aromatic carbocycles. The van der Waals surface area contributed by atoms with E-state index in [1.54, 1.807) is 0 Å². The first kappa shape index (κ1) is 18.3. The molecule has 0 saturated heterocycles. The van der Waals surface area contributed by atoms with Gasteiger partial charge in [-0.3, -0.25) is 4.79 Å². The molecule has 0 radical (unpaired) electrons. The van der Waals surface area contributed by atoms with Crippen molar-refractivity contribution in [2.75, 3.05) is 7.11 Å². The summed E-state index contributed by atoms with van der Waals surface area (Å²) in [6, 6.07) is 16.5. The van der Waals surface area contributed by atoms with Crippen LogP contribution in [0.3, 0.4) is 0 Å². The van der Waals surface area contributed by atoms with E-state index in [1.807, 2.05) is 54.6 Å². The highest BCUT2D eigenvalue weighted by Gasteiger charge is 2.20. The number of halogens is 1. The summed E-state index contributed by atoms with van der Waals surface area (Å²) in [6.45, 7) is 0.171. The monoisotopic (exact) mass is 439 g/mol. The lowest BCUT2D eigenvalue weighted by molar-refractivity contribution is -0.141. The second-order valence-corrected chi connectivity index (χ2v) is 6.34. The minimum Gasteiger partial charge on any atom is -0.469 e. The summed E-state index contributed by atoms with van der Waals surface area (Å²) < 4.78 is 10.9. The molecule has 0 aliphatic heterocycles. The molecule has 2 rings (SSSR count). The van der Waals surface area contributed by atoms with E-state index < -0.39 is 18.1 Å². The molecule has 24 heavy (non-hydrogen) atoms. The molecule has 126 valence electrons. The summed E-state index contributed by atoms with van der Waals surface area (Å²) in [5.74, 6) is -0.401. The molecule has 1 amide bonds. The minimum absolute atomic E-state index is 0.0387. The Morgan fingerprint density at radius 1 is 1.12 bits per heavy atom. The van der Waals surface area contributed by atoms with Crippen molar-refractivity contribution in [2.24, 2.45) is 0 Å². The highest BCUT2D eigenvalue weighted by atomic mass is 127. The van der Waals surface area contributed by atoms with Gasteiger partial charge in [-0.1, -0.05) is 42.5 Å². The fourth-order valence-corrected chi connectivity index (χ4v) is 2.70. The maximum Gasteiger partial charge on any atom is 0.407 e. The SMILES string of the molecule is COC(=O)C[C@H](NC(=O)OCc1ccccc1)c1cccc(I)c1. The van der Waals surface area contributed by atoms with Crippen molar-refractivity contribution < 1.29 is 19.1 Å². The van der Waals surface area contributed by atoms with E-state index in [-0.39, 0.29) is 13.0 Å². The second-order valence-electron chi connectivity index (χ2n) is 5.09. The standard InChI is InChI=1S/C18H18INO4/c1-23-17(21)11-16(14-8-5-9-15(19)10-14)20-18(22)24-12-13-6-3-2-4-7-13/h2-10,16H,11-12H2,1H3,(H,20,22)/t16-/m0/s1. The molecule has 0 aromatic heterocycles. The van der Waals surface area contributed by atoms with Gasteiger partial charge in [0.25, 0.3) is 0 Å². The lowest BCUT2D eigenvalue weighted by Crippen LogP contribution is -2.31.